The van der Waals surface area contributed by atoms with Crippen molar-refractivity contribution in [2.24, 2.45) is 0 Å². The molecule has 1 aliphatic heterocycles. The highest BCUT2D eigenvalue weighted by Gasteiger charge is 2.29. The van der Waals surface area contributed by atoms with E-state index in [-0.39, 0.29) is 6.61 Å². The summed E-state index contributed by atoms with van der Waals surface area (Å²) in [6.45, 7) is 1.16. The first-order chi connectivity index (χ1) is 4.22. The number of aliphatic hydroxyl groups is 3. The second kappa shape index (κ2) is 2.62. The Morgan fingerprint density at radius 2 is 2.00 bits per heavy atom. The van der Waals surface area contributed by atoms with Crippen molar-refractivity contribution in [3.8, 4) is 0 Å². The van der Waals surface area contributed by atoms with E-state index in [4.69, 9.17) is 15.3 Å². The van der Waals surface area contributed by atoms with Crippen molar-refractivity contribution in [2.45, 2.75) is 18.3 Å². The monoisotopic (exact) mass is 133 g/mol. The topological polar surface area (TPSA) is 69.9 Å². The van der Waals surface area contributed by atoms with Crippen molar-refractivity contribution in [3.63, 3.8) is 0 Å². The molecule has 0 bridgehead atoms. The van der Waals surface area contributed by atoms with Crippen LogP contribution in [0.1, 0.15) is 0 Å². The molecule has 4 heteroatoms. The summed E-state index contributed by atoms with van der Waals surface area (Å²) in [6, 6.07) is 0. The maximum Gasteiger partial charge on any atom is 0.115 e. The molecule has 1 radical (unpaired) electrons. The molecule has 4 nitrogen and oxygen atoms in total. The summed E-state index contributed by atoms with van der Waals surface area (Å²) in [6.07, 6.45) is -3.13. The number of aliphatic hydroxyl groups excluding tert-OH is 3. The lowest BCUT2D eigenvalue weighted by Crippen LogP contribution is -2.44. The van der Waals surface area contributed by atoms with Crippen LogP contribution in [0.3, 0.4) is 0 Å². The minimum absolute atomic E-state index is 0.0538. The van der Waals surface area contributed by atoms with E-state index in [1.165, 1.54) is 0 Å². The SMILES string of the molecule is OC1[CH]OC[C@H](O)[C@@H]1O. The van der Waals surface area contributed by atoms with Crippen LogP contribution in [0.2, 0.25) is 0 Å². The molecule has 0 saturated carbocycles. The molecule has 1 unspecified atom stereocenters. The molecule has 3 atom stereocenters. The highest BCUT2D eigenvalue weighted by molar-refractivity contribution is 4.85. The van der Waals surface area contributed by atoms with Crippen LogP contribution in [-0.2, 0) is 4.74 Å². The Bertz CT molecular complexity index is 85.0. The lowest BCUT2D eigenvalue weighted by atomic mass is 10.1. The molecule has 0 aliphatic carbocycles. The molecule has 0 aromatic heterocycles. The molecule has 3 N–H and O–H groups in total. The van der Waals surface area contributed by atoms with Gasteiger partial charge in [-0.1, -0.05) is 0 Å². The van der Waals surface area contributed by atoms with Gasteiger partial charge >= 0.3 is 0 Å². The summed E-state index contributed by atoms with van der Waals surface area (Å²) in [5.74, 6) is 0. The Hall–Kier alpha value is -0.160. The molecule has 9 heavy (non-hydrogen) atoms. The summed E-state index contributed by atoms with van der Waals surface area (Å²) in [4.78, 5) is 0. The maximum atomic E-state index is 8.83. The van der Waals surface area contributed by atoms with Crippen molar-refractivity contribution in [3.05, 3.63) is 6.61 Å². The lowest BCUT2D eigenvalue weighted by Gasteiger charge is -2.27. The normalized spacial score (nSPS) is 45.0. The van der Waals surface area contributed by atoms with Crippen molar-refractivity contribution >= 4 is 0 Å². The van der Waals surface area contributed by atoms with E-state index in [0.717, 1.165) is 6.61 Å². The maximum absolute atomic E-state index is 8.83. The predicted molar refractivity (Wildman–Crippen MR) is 28.3 cm³/mol. The average molecular weight is 133 g/mol. The fraction of sp³-hybridized carbons (Fsp3) is 0.800. The van der Waals surface area contributed by atoms with Crippen LogP contribution in [0.5, 0.6) is 0 Å². The molecule has 1 heterocycles. The van der Waals surface area contributed by atoms with Gasteiger partial charge in [-0.25, -0.2) is 0 Å². The minimum Gasteiger partial charge on any atom is -0.388 e. The van der Waals surface area contributed by atoms with Crippen LogP contribution in [0.4, 0.5) is 0 Å². The van der Waals surface area contributed by atoms with Crippen LogP contribution in [0, 0.1) is 6.61 Å². The van der Waals surface area contributed by atoms with Gasteiger partial charge in [0, 0.05) is 0 Å². The van der Waals surface area contributed by atoms with Gasteiger partial charge in [-0.3, -0.25) is 0 Å². The first-order valence-corrected chi connectivity index (χ1v) is 2.71. The van der Waals surface area contributed by atoms with Crippen LogP contribution in [0.25, 0.3) is 0 Å². The number of hydrogen-bond donors (Lipinski definition) is 3. The van der Waals surface area contributed by atoms with E-state index in [0.29, 0.717) is 0 Å². The van der Waals surface area contributed by atoms with Crippen LogP contribution in [-0.4, -0.2) is 40.2 Å². The zero-order valence-corrected chi connectivity index (χ0v) is 4.77. The van der Waals surface area contributed by atoms with E-state index >= 15 is 0 Å². The summed E-state index contributed by atoms with van der Waals surface area (Å²) < 4.78 is 4.58. The summed E-state index contributed by atoms with van der Waals surface area (Å²) in [5.41, 5.74) is 0. The Labute approximate surface area is 52.7 Å². The third-order valence-corrected chi connectivity index (χ3v) is 1.25. The van der Waals surface area contributed by atoms with Gasteiger partial charge in [-0.15, -0.1) is 0 Å². The van der Waals surface area contributed by atoms with E-state index in [9.17, 15) is 0 Å². The van der Waals surface area contributed by atoms with Gasteiger partial charge in [-0.05, 0) is 0 Å². The van der Waals surface area contributed by atoms with E-state index in [2.05, 4.69) is 4.74 Å². The first kappa shape index (κ1) is 6.95. The Balaban J connectivity index is 2.41. The predicted octanol–water partition coefficient (Wildman–Crippen LogP) is -1.74. The number of ether oxygens (including phenoxy) is 1. The molecule has 1 aliphatic rings. The molecule has 0 aromatic carbocycles. The van der Waals surface area contributed by atoms with Crippen LogP contribution < -0.4 is 0 Å². The van der Waals surface area contributed by atoms with Crippen LogP contribution in [0.15, 0.2) is 0 Å². The van der Waals surface area contributed by atoms with Gasteiger partial charge in [-0.2, -0.15) is 0 Å². The van der Waals surface area contributed by atoms with Gasteiger partial charge in [0.25, 0.3) is 0 Å². The molecule has 1 rings (SSSR count). The standard InChI is InChI=1S/C5H9O4/c6-3-1-9-2-4(7)5(3)8/h1,3-8H,2H2/t3?,4-,5+/m0/s1. The van der Waals surface area contributed by atoms with Gasteiger partial charge in [0.15, 0.2) is 0 Å². The molecule has 53 valence electrons. The number of rotatable bonds is 0. The Kier molecular flexibility index (Phi) is 2.02. The second-order valence-electron chi connectivity index (χ2n) is 2.02. The van der Waals surface area contributed by atoms with E-state index < -0.39 is 18.3 Å². The number of hydrogen-bond acceptors (Lipinski definition) is 4. The quantitative estimate of drug-likeness (QED) is 0.367. The summed E-state index contributed by atoms with van der Waals surface area (Å²) in [5, 5.41) is 26.4. The van der Waals surface area contributed by atoms with Crippen molar-refractivity contribution < 1.29 is 20.1 Å². The zero-order chi connectivity index (χ0) is 6.85. The third kappa shape index (κ3) is 1.40. The molecule has 1 saturated heterocycles. The molecule has 0 spiro atoms. The summed E-state index contributed by atoms with van der Waals surface area (Å²) >= 11 is 0. The Morgan fingerprint density at radius 3 is 2.44 bits per heavy atom. The molecular weight excluding hydrogens is 124 g/mol. The highest BCUT2D eigenvalue weighted by atomic mass is 16.5. The Morgan fingerprint density at radius 1 is 1.33 bits per heavy atom. The second-order valence-corrected chi connectivity index (χ2v) is 2.02. The van der Waals surface area contributed by atoms with Gasteiger partial charge < -0.3 is 20.1 Å². The first-order valence-electron chi connectivity index (χ1n) is 2.71. The molecule has 0 amide bonds. The summed E-state index contributed by atoms with van der Waals surface area (Å²) in [7, 11) is 0. The third-order valence-electron chi connectivity index (χ3n) is 1.25. The van der Waals surface area contributed by atoms with E-state index in [1.54, 1.807) is 0 Å². The van der Waals surface area contributed by atoms with Crippen molar-refractivity contribution in [2.75, 3.05) is 6.61 Å². The fourth-order valence-electron chi connectivity index (χ4n) is 0.659. The van der Waals surface area contributed by atoms with Gasteiger partial charge in [0.05, 0.1) is 6.61 Å². The molecular formula is C5H9O4. The highest BCUT2D eigenvalue weighted by Crippen LogP contribution is 2.10. The van der Waals surface area contributed by atoms with Gasteiger partial charge in [0.1, 0.15) is 24.9 Å². The van der Waals surface area contributed by atoms with Crippen molar-refractivity contribution in [1.29, 1.82) is 0 Å². The minimum atomic E-state index is -1.10. The average Bonchev–Trinajstić information content (AvgIpc) is 1.83. The van der Waals surface area contributed by atoms with Crippen molar-refractivity contribution in [1.82, 2.24) is 0 Å². The fourth-order valence-corrected chi connectivity index (χ4v) is 0.659. The lowest BCUT2D eigenvalue weighted by molar-refractivity contribution is -0.124. The molecule has 0 aromatic rings. The smallest absolute Gasteiger partial charge is 0.115 e. The molecule has 1 fully saturated rings. The zero-order valence-electron chi connectivity index (χ0n) is 4.77. The van der Waals surface area contributed by atoms with E-state index in [1.807, 2.05) is 0 Å². The van der Waals surface area contributed by atoms with Crippen LogP contribution >= 0.6 is 0 Å². The largest absolute Gasteiger partial charge is 0.388 e. The van der Waals surface area contributed by atoms with Gasteiger partial charge in [0.2, 0.25) is 0 Å².